The van der Waals surface area contributed by atoms with E-state index < -0.39 is 0 Å². The third kappa shape index (κ3) is 5.70. The Balaban J connectivity index is 1.79. The van der Waals surface area contributed by atoms with Crippen LogP contribution in [0.5, 0.6) is 0 Å². The summed E-state index contributed by atoms with van der Waals surface area (Å²) in [6.07, 6.45) is 3.05. The van der Waals surface area contributed by atoms with Crippen LogP contribution in [0.25, 0.3) is 0 Å². The summed E-state index contributed by atoms with van der Waals surface area (Å²) in [7, 11) is 0. The average molecular weight is 315 g/mol. The highest BCUT2D eigenvalue weighted by atomic mass is 16.5. The van der Waals surface area contributed by atoms with Crippen molar-refractivity contribution >= 4 is 11.6 Å². The highest BCUT2D eigenvalue weighted by Crippen LogP contribution is 2.06. The van der Waals surface area contributed by atoms with E-state index in [-0.39, 0.29) is 11.5 Å². The number of morpholine rings is 1. The monoisotopic (exact) mass is 315 g/mol. The predicted molar refractivity (Wildman–Crippen MR) is 86.6 cm³/mol. The van der Waals surface area contributed by atoms with Gasteiger partial charge in [-0.05, 0) is 19.1 Å². The molecule has 1 aliphatic heterocycles. The number of hydrogen-bond acceptors (Lipinski definition) is 6. The summed E-state index contributed by atoms with van der Waals surface area (Å²) >= 11 is 0. The number of nitrogens with zero attached hydrogens (tertiary/aromatic N) is 3. The third-order valence-corrected chi connectivity index (χ3v) is 3.48. The number of carbonyl (C=O) groups excluding carboxylic acids is 1. The van der Waals surface area contributed by atoms with Crippen molar-refractivity contribution in [2.24, 2.45) is 0 Å². The maximum atomic E-state index is 12.0. The second-order valence-corrected chi connectivity index (χ2v) is 5.21. The van der Waals surface area contributed by atoms with Gasteiger partial charge in [-0.2, -0.15) is 5.26 Å². The molecule has 1 amide bonds. The van der Waals surface area contributed by atoms with E-state index in [2.05, 4.69) is 20.5 Å². The SMILES string of the molecule is Cc1ccc(N/C=C(/C#N)C(=O)NCCN2CCOCC2)cn1. The fraction of sp³-hybridized carbons (Fsp3) is 0.438. The maximum Gasteiger partial charge on any atom is 0.263 e. The first kappa shape index (κ1) is 16.9. The molecule has 2 N–H and O–H groups in total. The number of ether oxygens (including phenoxy) is 1. The van der Waals surface area contributed by atoms with Gasteiger partial charge in [0.05, 0.1) is 25.1 Å². The molecule has 0 unspecified atom stereocenters. The highest BCUT2D eigenvalue weighted by Gasteiger charge is 2.12. The van der Waals surface area contributed by atoms with Gasteiger partial charge in [-0.25, -0.2) is 0 Å². The Hall–Kier alpha value is -2.43. The first-order valence-corrected chi connectivity index (χ1v) is 7.57. The molecule has 2 heterocycles. The smallest absolute Gasteiger partial charge is 0.263 e. The van der Waals surface area contributed by atoms with Gasteiger partial charge in [0.15, 0.2) is 0 Å². The lowest BCUT2D eigenvalue weighted by Crippen LogP contribution is -2.41. The highest BCUT2D eigenvalue weighted by molar-refractivity contribution is 5.97. The molecule has 0 saturated carbocycles. The van der Waals surface area contributed by atoms with E-state index in [1.165, 1.54) is 6.20 Å². The second kappa shape index (κ2) is 8.88. The number of aromatic nitrogens is 1. The zero-order valence-electron chi connectivity index (χ0n) is 13.2. The number of nitrogens with one attached hydrogen (secondary N) is 2. The van der Waals surface area contributed by atoms with Gasteiger partial charge in [0, 0.05) is 38.1 Å². The standard InChI is InChI=1S/C16H21N5O2/c1-13-2-3-15(12-19-13)20-11-14(10-17)16(22)18-4-5-21-6-8-23-9-7-21/h2-3,11-12,20H,4-9H2,1H3,(H,18,22)/b14-11-. The van der Waals surface area contributed by atoms with Crippen LogP contribution < -0.4 is 10.6 Å². The van der Waals surface area contributed by atoms with Gasteiger partial charge >= 0.3 is 0 Å². The van der Waals surface area contributed by atoms with Crippen LogP contribution in [0.1, 0.15) is 5.69 Å². The largest absolute Gasteiger partial charge is 0.379 e. The fourth-order valence-electron chi connectivity index (χ4n) is 2.10. The van der Waals surface area contributed by atoms with Crippen molar-refractivity contribution in [2.75, 3.05) is 44.7 Å². The summed E-state index contributed by atoms with van der Waals surface area (Å²) in [5.41, 5.74) is 1.66. The number of nitriles is 1. The lowest BCUT2D eigenvalue weighted by molar-refractivity contribution is -0.117. The number of hydrogen-bond donors (Lipinski definition) is 2. The molecule has 0 aromatic carbocycles. The number of rotatable bonds is 6. The summed E-state index contributed by atoms with van der Waals surface area (Å²) in [6.45, 7) is 6.35. The number of aryl methyl sites for hydroxylation is 1. The Morgan fingerprint density at radius 3 is 2.91 bits per heavy atom. The topological polar surface area (TPSA) is 90.3 Å². The van der Waals surface area contributed by atoms with Crippen LogP contribution in [0.15, 0.2) is 30.1 Å². The molecule has 122 valence electrons. The van der Waals surface area contributed by atoms with Crippen molar-refractivity contribution in [3.63, 3.8) is 0 Å². The molecule has 0 aliphatic carbocycles. The number of amides is 1. The molecule has 7 nitrogen and oxygen atoms in total. The normalized spacial score (nSPS) is 15.7. The molecule has 1 saturated heterocycles. The van der Waals surface area contributed by atoms with Crippen molar-refractivity contribution in [2.45, 2.75) is 6.92 Å². The first-order chi connectivity index (χ1) is 11.2. The van der Waals surface area contributed by atoms with Crippen molar-refractivity contribution < 1.29 is 9.53 Å². The van der Waals surface area contributed by atoms with E-state index in [1.54, 1.807) is 6.20 Å². The van der Waals surface area contributed by atoms with E-state index in [1.807, 2.05) is 25.1 Å². The van der Waals surface area contributed by atoms with Crippen molar-refractivity contribution in [1.82, 2.24) is 15.2 Å². The maximum absolute atomic E-state index is 12.0. The number of carbonyl (C=O) groups is 1. The third-order valence-electron chi connectivity index (χ3n) is 3.48. The summed E-state index contributed by atoms with van der Waals surface area (Å²) < 4.78 is 5.27. The molecule has 2 rings (SSSR count). The molecule has 0 atom stereocenters. The van der Waals surface area contributed by atoms with Crippen LogP contribution in [-0.4, -0.2) is 55.2 Å². The quantitative estimate of drug-likeness (QED) is 0.592. The van der Waals surface area contributed by atoms with Crippen LogP contribution in [0.4, 0.5) is 5.69 Å². The Kier molecular flexibility index (Phi) is 6.54. The van der Waals surface area contributed by atoms with Crippen LogP contribution in [0.3, 0.4) is 0 Å². The van der Waals surface area contributed by atoms with E-state index in [0.717, 1.165) is 44.2 Å². The molecule has 0 radical (unpaired) electrons. The van der Waals surface area contributed by atoms with Crippen LogP contribution >= 0.6 is 0 Å². The summed E-state index contributed by atoms with van der Waals surface area (Å²) in [6, 6.07) is 5.59. The van der Waals surface area contributed by atoms with Crippen molar-refractivity contribution in [3.05, 3.63) is 35.8 Å². The molecule has 1 fully saturated rings. The minimum atomic E-state index is -0.381. The molecule has 23 heavy (non-hydrogen) atoms. The van der Waals surface area contributed by atoms with Crippen LogP contribution in [-0.2, 0) is 9.53 Å². The van der Waals surface area contributed by atoms with Gasteiger partial charge in [-0.3, -0.25) is 14.7 Å². The average Bonchev–Trinajstić information content (AvgIpc) is 2.58. The Bertz CT molecular complexity index is 585. The van der Waals surface area contributed by atoms with E-state index in [4.69, 9.17) is 10.00 Å². The zero-order valence-corrected chi connectivity index (χ0v) is 13.2. The van der Waals surface area contributed by atoms with Gasteiger partial charge in [0.2, 0.25) is 0 Å². The lowest BCUT2D eigenvalue weighted by Gasteiger charge is -2.26. The molecule has 0 spiro atoms. The summed E-state index contributed by atoms with van der Waals surface area (Å²) in [5, 5.41) is 14.8. The minimum absolute atomic E-state index is 0.0348. The Labute approximate surface area is 135 Å². The second-order valence-electron chi connectivity index (χ2n) is 5.21. The first-order valence-electron chi connectivity index (χ1n) is 7.57. The van der Waals surface area contributed by atoms with E-state index in [9.17, 15) is 4.79 Å². The molecule has 1 aromatic heterocycles. The van der Waals surface area contributed by atoms with Gasteiger partial charge < -0.3 is 15.4 Å². The molecule has 7 heteroatoms. The van der Waals surface area contributed by atoms with E-state index >= 15 is 0 Å². The number of pyridine rings is 1. The molecule has 1 aromatic rings. The van der Waals surface area contributed by atoms with Gasteiger partial charge in [-0.15, -0.1) is 0 Å². The fourth-order valence-corrected chi connectivity index (χ4v) is 2.10. The predicted octanol–water partition coefficient (Wildman–Crippen LogP) is 0.658. The Morgan fingerprint density at radius 2 is 2.26 bits per heavy atom. The van der Waals surface area contributed by atoms with Gasteiger partial charge in [0.1, 0.15) is 11.6 Å². The van der Waals surface area contributed by atoms with Gasteiger partial charge in [0.25, 0.3) is 5.91 Å². The Morgan fingerprint density at radius 1 is 1.48 bits per heavy atom. The summed E-state index contributed by atoms with van der Waals surface area (Å²) in [4.78, 5) is 18.3. The van der Waals surface area contributed by atoms with Gasteiger partial charge in [-0.1, -0.05) is 0 Å². The molecular formula is C16H21N5O2. The van der Waals surface area contributed by atoms with Crippen molar-refractivity contribution in [3.8, 4) is 6.07 Å². The molecule has 1 aliphatic rings. The van der Waals surface area contributed by atoms with Crippen molar-refractivity contribution in [1.29, 1.82) is 5.26 Å². The summed E-state index contributed by atoms with van der Waals surface area (Å²) in [5.74, 6) is -0.381. The van der Waals surface area contributed by atoms with E-state index in [0.29, 0.717) is 6.54 Å². The zero-order chi connectivity index (χ0) is 16.5. The minimum Gasteiger partial charge on any atom is -0.379 e. The molecule has 0 bridgehead atoms. The lowest BCUT2D eigenvalue weighted by atomic mass is 10.3. The van der Waals surface area contributed by atoms with Crippen LogP contribution in [0.2, 0.25) is 0 Å². The number of anilines is 1. The molecular weight excluding hydrogens is 294 g/mol. The van der Waals surface area contributed by atoms with Crippen LogP contribution in [0, 0.1) is 18.3 Å².